The van der Waals surface area contributed by atoms with Gasteiger partial charge in [-0.05, 0) is 219 Å². The SMILES string of the molecule is CCOC(=O)CCCc1cccc(OC)c1CC.CCc1c(CCCC(=O)O)cccc1OC.CCc1c(O)ccc2c1CCCC2=O.CCc1c(OC(Cn2ccnc2)c2ccccc2)ccc2c1CCCC2=O.CCc1c(OC)ccc2c1CCCC2=O.ClC(Cl)Cl.OC(Cn1ccnc1)c1ccccc1.[Na+].[OH-]. The number of methoxy groups -OCH3 is 3. The molecule has 3 aliphatic carbocycles. The van der Waals surface area contributed by atoms with Crippen molar-refractivity contribution < 1.29 is 98.0 Å². The number of aliphatic carboxylic acids is 1. The van der Waals surface area contributed by atoms with Gasteiger partial charge in [-0.15, -0.1) is 0 Å². The Morgan fingerprint density at radius 2 is 0.891 bits per heavy atom. The summed E-state index contributed by atoms with van der Waals surface area (Å²) in [4.78, 5) is 65.3. The number of imidazole rings is 2. The molecule has 0 bridgehead atoms. The summed E-state index contributed by atoms with van der Waals surface area (Å²) in [5.41, 5.74) is 16.4. The van der Waals surface area contributed by atoms with E-state index in [1.807, 2.05) is 145 Å². The summed E-state index contributed by atoms with van der Waals surface area (Å²) in [6, 6.07) is 43.1. The summed E-state index contributed by atoms with van der Waals surface area (Å²) in [7, 11) is 5.04. The fourth-order valence-corrected chi connectivity index (χ4v) is 13.8. The normalized spacial score (nSPS) is 12.7. The summed E-state index contributed by atoms with van der Waals surface area (Å²) in [5.74, 6) is 3.90. The molecular weight excluding hydrogens is 1470 g/mol. The number of aliphatic hydroxyl groups is 1. The third kappa shape index (κ3) is 29.4. The van der Waals surface area contributed by atoms with Crippen LogP contribution in [0, 0.1) is 0 Å². The zero-order valence-electron chi connectivity index (χ0n) is 65.5. The fourth-order valence-electron chi connectivity index (χ4n) is 13.8. The molecule has 18 nitrogen and oxygen atoms in total. The molecule has 2 heterocycles. The van der Waals surface area contributed by atoms with Gasteiger partial charge in [-0.2, -0.15) is 0 Å². The Balaban J connectivity index is 0.000000279. The van der Waals surface area contributed by atoms with Gasteiger partial charge >= 0.3 is 41.5 Å². The molecule has 0 radical (unpaired) electrons. The smallest absolute Gasteiger partial charge is 0.870 e. The molecule has 0 fully saturated rings. The van der Waals surface area contributed by atoms with Crippen molar-refractivity contribution in [3.63, 3.8) is 0 Å². The van der Waals surface area contributed by atoms with E-state index in [4.69, 9.17) is 63.6 Å². The van der Waals surface area contributed by atoms with Crippen LogP contribution in [0.4, 0.5) is 0 Å². The number of carboxylic acids is 1. The molecule has 7 aromatic carbocycles. The van der Waals surface area contributed by atoms with E-state index in [1.54, 1.807) is 52.2 Å². The first-order valence-corrected chi connectivity index (χ1v) is 38.8. The van der Waals surface area contributed by atoms with Crippen molar-refractivity contribution in [2.75, 3.05) is 27.9 Å². The number of ketones is 3. The predicted molar refractivity (Wildman–Crippen MR) is 431 cm³/mol. The monoisotopic (exact) mass is 1570 g/mol. The molecule has 22 heteroatoms. The molecule has 0 aliphatic heterocycles. The van der Waals surface area contributed by atoms with Crippen molar-refractivity contribution in [1.82, 2.24) is 19.1 Å². The summed E-state index contributed by atoms with van der Waals surface area (Å²) in [5, 5.41) is 28.1. The van der Waals surface area contributed by atoms with Crippen molar-refractivity contribution in [3.8, 4) is 28.7 Å². The molecule has 2 atom stereocenters. The van der Waals surface area contributed by atoms with Gasteiger partial charge in [0.05, 0.1) is 59.8 Å². The summed E-state index contributed by atoms with van der Waals surface area (Å²) >= 11 is 14.4. The Morgan fingerprint density at radius 3 is 1.31 bits per heavy atom. The van der Waals surface area contributed by atoms with E-state index in [2.05, 4.69) is 55.9 Å². The molecule has 0 spiro atoms. The number of phenols is 1. The number of halogens is 3. The second kappa shape index (κ2) is 51.3. The standard InChI is InChI=1S/C23H24N2O2.C15H22O3.C13H18O3.C13H16O2.C12H14O2.C11H12N2O.CHCl3.Na.H2O/c1-2-18-19-9-6-10-21(26)20(19)11-12-22(18)27-23(15-25-14-13-24-16-25)17-7-4-3-5-8-17;1-4-13-12(8-6-10-14(13)17-3)9-7-11-15(16)18-5-2;1-3-11-10(7-5-9-13(14)15)6-4-8-12(11)16-2;1-3-9-10-5-4-6-12(14)11(10)7-8-13(9)15-2;1-2-8-9-4-3-5-11(13)10(9)6-7-12(8)14;14-11(8-13-7-6-12-9-13)10-4-2-1-3-5-10;2-1(3)4;;/h3-5,7-8,11-14,16,23H,2,6,9-10,15H2,1H3;6,8,10H,4-5,7,9,11H2,1-3H3;4,6,8H,3,5,7,9H2,1-2H3,(H,14,15);7-8H,3-6H2,1-2H3;6-7,14H,2-5H2,1H3;1-7,9,11,14H,8H2;1H;;1H2/q;;;;;;;+1;/p-1. The van der Waals surface area contributed by atoms with E-state index < -0.39 is 16.4 Å². The minimum Gasteiger partial charge on any atom is -0.870 e. The zero-order valence-corrected chi connectivity index (χ0v) is 69.7. The number of carbonyl (C=O) groups excluding carboxylic acids is 4. The summed E-state index contributed by atoms with van der Waals surface area (Å²) in [6.45, 7) is 14.0. The molecule has 0 amide bonds. The van der Waals surface area contributed by atoms with E-state index in [9.17, 15) is 34.2 Å². The number of aromatic nitrogens is 4. The first-order valence-electron chi connectivity index (χ1n) is 37.5. The van der Waals surface area contributed by atoms with E-state index >= 15 is 0 Å². The largest absolute Gasteiger partial charge is 1.00 e. The van der Waals surface area contributed by atoms with Gasteiger partial charge in [-0.1, -0.05) is 154 Å². The van der Waals surface area contributed by atoms with Crippen LogP contribution in [0.1, 0.15) is 216 Å². The fraction of sp³-hybridized carbons (Fsp3) is 0.398. The van der Waals surface area contributed by atoms with Gasteiger partial charge in [0, 0.05) is 73.6 Å². The second-order valence-corrected chi connectivity index (χ2v) is 27.8. The summed E-state index contributed by atoms with van der Waals surface area (Å²) in [6.07, 6.45) is 26.3. The number of hydrogen-bond acceptors (Lipinski definition) is 15. The number of hydrogen-bond donors (Lipinski definition) is 3. The number of esters is 1. The van der Waals surface area contributed by atoms with Gasteiger partial charge in [0.15, 0.2) is 21.6 Å². The molecule has 0 saturated carbocycles. The van der Waals surface area contributed by atoms with E-state index in [-0.39, 0.29) is 70.9 Å². The van der Waals surface area contributed by atoms with E-state index in [0.29, 0.717) is 57.6 Å². The number of ether oxygens (including phenoxy) is 5. The third-order valence-electron chi connectivity index (χ3n) is 18.9. The van der Waals surface area contributed by atoms with Crippen molar-refractivity contribution in [1.29, 1.82) is 0 Å². The molecule has 2 aromatic heterocycles. The summed E-state index contributed by atoms with van der Waals surface area (Å²) < 4.78 is 30.6. The maximum atomic E-state index is 12.3. The maximum absolute atomic E-state index is 12.3. The van der Waals surface area contributed by atoms with Gasteiger partial charge in [-0.25, -0.2) is 9.97 Å². The second-order valence-electron chi connectivity index (χ2n) is 25.8. The topological polar surface area (TPSA) is 258 Å². The first kappa shape index (κ1) is 94.1. The van der Waals surface area contributed by atoms with E-state index in [1.165, 1.54) is 44.5 Å². The van der Waals surface area contributed by atoms with Gasteiger partial charge in [0.1, 0.15) is 34.9 Å². The van der Waals surface area contributed by atoms with Crippen LogP contribution in [-0.2, 0) is 91.6 Å². The number of phenolic OH excluding ortho intramolecular Hbond substituents is 1. The number of aryl methyl sites for hydroxylation is 2. The number of benzene rings is 7. The minimum absolute atomic E-state index is 0. The van der Waals surface area contributed by atoms with Crippen LogP contribution in [0.25, 0.3) is 0 Å². The predicted octanol–water partition coefficient (Wildman–Crippen LogP) is 16.3. The number of carbonyl (C=O) groups is 5. The molecule has 586 valence electrons. The van der Waals surface area contributed by atoms with Crippen molar-refractivity contribution >= 4 is 64.1 Å². The van der Waals surface area contributed by atoms with Crippen LogP contribution in [0.15, 0.2) is 171 Å². The Hall–Kier alpha value is -8.30. The van der Waals surface area contributed by atoms with Crippen LogP contribution in [0.5, 0.6) is 28.7 Å². The number of nitrogens with zero attached hydrogens (tertiary/aromatic N) is 4. The van der Waals surface area contributed by atoms with Crippen molar-refractivity contribution in [2.24, 2.45) is 0 Å². The Labute approximate surface area is 686 Å². The van der Waals surface area contributed by atoms with Crippen LogP contribution in [-0.4, -0.2) is 101 Å². The van der Waals surface area contributed by atoms with Crippen LogP contribution < -0.4 is 48.5 Å². The zero-order chi connectivity index (χ0) is 78.3. The first-order chi connectivity index (χ1) is 52.3. The minimum atomic E-state index is -0.750. The Kier molecular flexibility index (Phi) is 43.9. The quantitative estimate of drug-likeness (QED) is 0.0273. The number of alkyl halides is 3. The molecule has 110 heavy (non-hydrogen) atoms. The molecule has 0 saturated heterocycles. The molecular formula is C88H108Cl3N4NaO14. The number of carboxylic acid groups (broad SMARTS) is 1. The van der Waals surface area contributed by atoms with Crippen LogP contribution in [0.3, 0.4) is 0 Å². The van der Waals surface area contributed by atoms with E-state index in [0.717, 1.165) is 152 Å². The van der Waals surface area contributed by atoms with Crippen LogP contribution >= 0.6 is 34.8 Å². The van der Waals surface area contributed by atoms with Crippen molar-refractivity contribution in [2.45, 2.75) is 200 Å². The number of aliphatic hydroxyl groups excluding tert-OH is 1. The molecule has 9 aromatic rings. The van der Waals surface area contributed by atoms with Gasteiger partial charge in [0.2, 0.25) is 0 Å². The van der Waals surface area contributed by atoms with Gasteiger partial charge in [-0.3, -0.25) is 24.0 Å². The van der Waals surface area contributed by atoms with Gasteiger partial charge < -0.3 is 53.6 Å². The van der Waals surface area contributed by atoms with Gasteiger partial charge in [0.25, 0.3) is 0 Å². The third-order valence-corrected chi connectivity index (χ3v) is 18.9. The van der Waals surface area contributed by atoms with Crippen molar-refractivity contribution in [3.05, 3.63) is 254 Å². The Morgan fingerprint density at radius 1 is 0.491 bits per heavy atom. The molecule has 3 aliphatic rings. The number of aromatic hydroxyl groups is 1. The Bertz CT molecular complexity index is 4240. The molecule has 4 N–H and O–H groups in total. The number of fused-ring (bicyclic) bond motifs is 3. The number of Topliss-reactive ketones (excluding diaryl/α,β-unsaturated/α-hetero) is 3. The molecule has 2 unspecified atom stereocenters. The average Bonchev–Trinajstić information content (AvgIpc) is 0.932. The van der Waals surface area contributed by atoms with Crippen LogP contribution in [0.2, 0.25) is 0 Å². The average molecular weight is 1580 g/mol. The molecule has 12 rings (SSSR count). The number of rotatable bonds is 25. The maximum Gasteiger partial charge on any atom is 1.00 e.